The first-order valence-corrected chi connectivity index (χ1v) is 6.62. The minimum Gasteiger partial charge on any atom is -0.370 e. The second kappa shape index (κ2) is 6.69. The van der Waals surface area contributed by atoms with Crippen molar-refractivity contribution in [2.75, 3.05) is 6.61 Å². The molecule has 1 aromatic rings. The summed E-state index contributed by atoms with van der Waals surface area (Å²) in [5, 5.41) is 0. The van der Waals surface area contributed by atoms with Crippen LogP contribution in [0.15, 0.2) is 18.2 Å². The van der Waals surface area contributed by atoms with Gasteiger partial charge in [-0.05, 0) is 50.3 Å². The van der Waals surface area contributed by atoms with Crippen molar-refractivity contribution in [3.8, 4) is 0 Å². The van der Waals surface area contributed by atoms with Gasteiger partial charge < -0.3 is 4.74 Å². The summed E-state index contributed by atoms with van der Waals surface area (Å²) in [6.07, 6.45) is 1.13. The monoisotopic (exact) mass is 248 g/mol. The zero-order valence-electron chi connectivity index (χ0n) is 12.1. The highest BCUT2D eigenvalue weighted by Crippen LogP contribution is 2.12. The van der Waals surface area contributed by atoms with E-state index in [4.69, 9.17) is 4.74 Å². The number of ether oxygens (including phenoxy) is 1. The number of aryl methyl sites for hydroxylation is 2. The molecule has 0 amide bonds. The maximum absolute atomic E-state index is 12.0. The second-order valence-electron chi connectivity index (χ2n) is 5.47. The fourth-order valence-electron chi connectivity index (χ4n) is 1.95. The van der Waals surface area contributed by atoms with Crippen molar-refractivity contribution in [2.45, 2.75) is 47.1 Å². The molecule has 0 saturated heterocycles. The first-order chi connectivity index (χ1) is 8.40. The zero-order valence-corrected chi connectivity index (χ0v) is 12.1. The lowest BCUT2D eigenvalue weighted by Gasteiger charge is -2.14. The summed E-state index contributed by atoms with van der Waals surface area (Å²) in [4.78, 5) is 12.0. The van der Waals surface area contributed by atoms with Gasteiger partial charge >= 0.3 is 0 Å². The van der Waals surface area contributed by atoms with Crippen LogP contribution in [0.4, 0.5) is 0 Å². The third kappa shape index (κ3) is 4.61. The second-order valence-corrected chi connectivity index (χ2v) is 5.47. The van der Waals surface area contributed by atoms with Crippen molar-refractivity contribution in [3.05, 3.63) is 34.9 Å². The molecule has 0 saturated carbocycles. The van der Waals surface area contributed by atoms with E-state index < -0.39 is 0 Å². The average Bonchev–Trinajstić information content (AvgIpc) is 2.28. The first kappa shape index (κ1) is 14.9. The molecule has 0 heterocycles. The molecule has 1 atom stereocenters. The van der Waals surface area contributed by atoms with E-state index in [2.05, 4.69) is 13.8 Å². The molecule has 0 aliphatic heterocycles. The number of carbonyl (C=O) groups excluding carboxylic acids is 1. The molecule has 100 valence electrons. The molecule has 1 unspecified atom stereocenters. The van der Waals surface area contributed by atoms with Crippen LogP contribution in [-0.4, -0.2) is 18.5 Å². The van der Waals surface area contributed by atoms with Gasteiger partial charge in [0.2, 0.25) is 0 Å². The van der Waals surface area contributed by atoms with Crippen LogP contribution in [0.1, 0.15) is 48.7 Å². The molecule has 0 aliphatic rings. The highest BCUT2D eigenvalue weighted by Gasteiger charge is 2.11. The van der Waals surface area contributed by atoms with Crippen molar-refractivity contribution in [3.63, 3.8) is 0 Å². The van der Waals surface area contributed by atoms with E-state index in [1.54, 1.807) is 0 Å². The summed E-state index contributed by atoms with van der Waals surface area (Å²) in [7, 11) is 0. The largest absolute Gasteiger partial charge is 0.370 e. The standard InChI is InChI=1S/C16H24O2/c1-11(2)8-14(5)18-10-16(17)15-7-6-12(3)13(4)9-15/h6-7,9,11,14H,8,10H2,1-5H3. The fourth-order valence-corrected chi connectivity index (χ4v) is 1.95. The number of rotatable bonds is 6. The summed E-state index contributed by atoms with van der Waals surface area (Å²) in [6.45, 7) is 10.6. The van der Waals surface area contributed by atoms with Crippen LogP contribution in [-0.2, 0) is 4.74 Å². The summed E-state index contributed by atoms with van der Waals surface area (Å²) in [5.41, 5.74) is 3.10. The van der Waals surface area contributed by atoms with Gasteiger partial charge in [0.05, 0.1) is 6.10 Å². The molecule has 0 fully saturated rings. The van der Waals surface area contributed by atoms with Crippen molar-refractivity contribution in [2.24, 2.45) is 5.92 Å². The van der Waals surface area contributed by atoms with Crippen molar-refractivity contribution >= 4 is 5.78 Å². The lowest BCUT2D eigenvalue weighted by atomic mass is 10.0. The molecule has 2 nitrogen and oxygen atoms in total. The maximum Gasteiger partial charge on any atom is 0.188 e. The minimum atomic E-state index is 0.0636. The van der Waals surface area contributed by atoms with Crippen LogP contribution >= 0.6 is 0 Å². The van der Waals surface area contributed by atoms with Gasteiger partial charge in [0, 0.05) is 5.56 Å². The molecular weight excluding hydrogens is 224 g/mol. The van der Waals surface area contributed by atoms with E-state index in [-0.39, 0.29) is 18.5 Å². The topological polar surface area (TPSA) is 26.3 Å². The smallest absolute Gasteiger partial charge is 0.188 e. The number of hydrogen-bond acceptors (Lipinski definition) is 2. The molecule has 0 spiro atoms. The van der Waals surface area contributed by atoms with Gasteiger partial charge in [0.15, 0.2) is 5.78 Å². The minimum absolute atomic E-state index is 0.0636. The van der Waals surface area contributed by atoms with E-state index in [1.807, 2.05) is 39.0 Å². The molecule has 0 bridgehead atoms. The van der Waals surface area contributed by atoms with Crippen LogP contribution in [0.25, 0.3) is 0 Å². The molecule has 2 heteroatoms. The van der Waals surface area contributed by atoms with Gasteiger partial charge in [-0.2, -0.15) is 0 Å². The molecule has 1 aromatic carbocycles. The SMILES string of the molecule is Cc1ccc(C(=O)COC(C)CC(C)C)cc1C. The summed E-state index contributed by atoms with van der Waals surface area (Å²) in [6, 6.07) is 5.80. The first-order valence-electron chi connectivity index (χ1n) is 6.62. The number of benzene rings is 1. The van der Waals surface area contributed by atoms with E-state index >= 15 is 0 Å². The number of Topliss-reactive ketones (excluding diaryl/α,β-unsaturated/α-hetero) is 1. The number of ketones is 1. The Bertz CT molecular complexity index is 408. The Morgan fingerprint density at radius 1 is 1.17 bits per heavy atom. The van der Waals surface area contributed by atoms with E-state index in [9.17, 15) is 4.79 Å². The quantitative estimate of drug-likeness (QED) is 0.713. The molecule has 0 aromatic heterocycles. The third-order valence-corrected chi connectivity index (χ3v) is 3.13. The third-order valence-electron chi connectivity index (χ3n) is 3.13. The molecular formula is C16H24O2. The molecule has 0 N–H and O–H groups in total. The van der Waals surface area contributed by atoms with Crippen LogP contribution in [0.2, 0.25) is 0 Å². The van der Waals surface area contributed by atoms with Crippen molar-refractivity contribution < 1.29 is 9.53 Å². The average molecular weight is 248 g/mol. The Hall–Kier alpha value is -1.15. The number of carbonyl (C=O) groups is 1. The van der Waals surface area contributed by atoms with Gasteiger partial charge in [-0.15, -0.1) is 0 Å². The van der Waals surface area contributed by atoms with Crippen LogP contribution < -0.4 is 0 Å². The van der Waals surface area contributed by atoms with E-state index in [0.29, 0.717) is 5.92 Å². The van der Waals surface area contributed by atoms with Crippen molar-refractivity contribution in [1.82, 2.24) is 0 Å². The van der Waals surface area contributed by atoms with Gasteiger partial charge in [0.25, 0.3) is 0 Å². The van der Waals surface area contributed by atoms with Gasteiger partial charge in [-0.1, -0.05) is 26.0 Å². The Morgan fingerprint density at radius 2 is 1.83 bits per heavy atom. The fraction of sp³-hybridized carbons (Fsp3) is 0.562. The summed E-state index contributed by atoms with van der Waals surface area (Å²) in [5.74, 6) is 0.658. The maximum atomic E-state index is 12.0. The molecule has 1 rings (SSSR count). The van der Waals surface area contributed by atoms with Gasteiger partial charge in [-0.25, -0.2) is 0 Å². The zero-order chi connectivity index (χ0) is 13.7. The Labute approximate surface area is 110 Å². The van der Waals surface area contributed by atoms with Crippen molar-refractivity contribution in [1.29, 1.82) is 0 Å². The Morgan fingerprint density at radius 3 is 2.39 bits per heavy atom. The van der Waals surface area contributed by atoms with Gasteiger partial charge in [-0.3, -0.25) is 4.79 Å². The van der Waals surface area contributed by atoms with Crippen LogP contribution in [0.3, 0.4) is 0 Å². The molecule has 0 radical (unpaired) electrons. The van der Waals surface area contributed by atoms with Crippen LogP contribution in [0, 0.1) is 19.8 Å². The van der Waals surface area contributed by atoms with E-state index in [0.717, 1.165) is 17.5 Å². The molecule has 18 heavy (non-hydrogen) atoms. The van der Waals surface area contributed by atoms with Crippen LogP contribution in [0.5, 0.6) is 0 Å². The Kier molecular flexibility index (Phi) is 5.54. The molecule has 0 aliphatic carbocycles. The van der Waals surface area contributed by atoms with Gasteiger partial charge in [0.1, 0.15) is 6.61 Å². The lowest BCUT2D eigenvalue weighted by Crippen LogP contribution is -2.17. The summed E-state index contributed by atoms with van der Waals surface area (Å²) < 4.78 is 5.59. The lowest BCUT2D eigenvalue weighted by molar-refractivity contribution is 0.0445. The summed E-state index contributed by atoms with van der Waals surface area (Å²) >= 11 is 0. The highest BCUT2D eigenvalue weighted by atomic mass is 16.5. The predicted octanol–water partition coefficient (Wildman–Crippen LogP) is 3.94. The normalized spacial score (nSPS) is 12.8. The predicted molar refractivity (Wildman–Crippen MR) is 75.1 cm³/mol. The van der Waals surface area contributed by atoms with E-state index in [1.165, 1.54) is 5.56 Å². The number of hydrogen-bond donors (Lipinski definition) is 0. The highest BCUT2D eigenvalue weighted by molar-refractivity contribution is 5.97. The Balaban J connectivity index is 2.52.